The van der Waals surface area contributed by atoms with E-state index in [1.165, 1.54) is 6.21 Å². The standard InChI is InChI=1S/C14H13NO2/c16-14-9-5-4-8-13(14)10-15-17-11-12-6-2-1-3-7-12/h1-10,16H,11H2. The van der Waals surface area contributed by atoms with Crippen LogP contribution in [0.3, 0.4) is 0 Å². The number of benzene rings is 2. The Morgan fingerprint density at radius 1 is 1.00 bits per heavy atom. The molecule has 0 heterocycles. The average molecular weight is 227 g/mol. The Morgan fingerprint density at radius 2 is 1.71 bits per heavy atom. The van der Waals surface area contributed by atoms with Gasteiger partial charge in [-0.15, -0.1) is 0 Å². The third-order valence-corrected chi connectivity index (χ3v) is 2.28. The van der Waals surface area contributed by atoms with E-state index >= 15 is 0 Å². The van der Waals surface area contributed by atoms with Crippen molar-refractivity contribution in [2.45, 2.75) is 6.61 Å². The summed E-state index contributed by atoms with van der Waals surface area (Å²) in [6.45, 7) is 0.422. The number of oxime groups is 1. The molecule has 0 fully saturated rings. The van der Waals surface area contributed by atoms with Crippen LogP contribution in [-0.2, 0) is 11.4 Å². The second-order valence-corrected chi connectivity index (χ2v) is 3.55. The highest BCUT2D eigenvalue weighted by Gasteiger charge is 1.94. The highest BCUT2D eigenvalue weighted by atomic mass is 16.6. The lowest BCUT2D eigenvalue weighted by molar-refractivity contribution is 0.132. The Labute approximate surface area is 100.0 Å². The van der Waals surface area contributed by atoms with Crippen molar-refractivity contribution < 1.29 is 9.94 Å². The van der Waals surface area contributed by atoms with Crippen LogP contribution in [0.5, 0.6) is 5.75 Å². The molecule has 0 aliphatic heterocycles. The lowest BCUT2D eigenvalue weighted by Gasteiger charge is -1.99. The lowest BCUT2D eigenvalue weighted by atomic mass is 10.2. The largest absolute Gasteiger partial charge is 0.507 e. The third-order valence-electron chi connectivity index (χ3n) is 2.28. The molecule has 1 N–H and O–H groups in total. The summed E-state index contributed by atoms with van der Waals surface area (Å²) in [6.07, 6.45) is 1.50. The van der Waals surface area contributed by atoms with Gasteiger partial charge in [-0.25, -0.2) is 0 Å². The van der Waals surface area contributed by atoms with Crippen LogP contribution in [0.15, 0.2) is 59.8 Å². The molecule has 0 amide bonds. The normalized spacial score (nSPS) is 10.6. The maximum Gasteiger partial charge on any atom is 0.142 e. The van der Waals surface area contributed by atoms with Gasteiger partial charge in [-0.05, 0) is 17.7 Å². The van der Waals surface area contributed by atoms with E-state index in [1.54, 1.807) is 18.2 Å². The molecule has 86 valence electrons. The fraction of sp³-hybridized carbons (Fsp3) is 0.0714. The molecule has 0 saturated heterocycles. The minimum absolute atomic E-state index is 0.194. The second kappa shape index (κ2) is 5.70. The summed E-state index contributed by atoms with van der Waals surface area (Å²) in [7, 11) is 0. The molecule has 0 radical (unpaired) electrons. The van der Waals surface area contributed by atoms with Crippen LogP contribution in [0.2, 0.25) is 0 Å². The first-order chi connectivity index (χ1) is 8.36. The van der Waals surface area contributed by atoms with Crippen molar-refractivity contribution >= 4 is 6.21 Å². The smallest absolute Gasteiger partial charge is 0.142 e. The zero-order chi connectivity index (χ0) is 11.9. The monoisotopic (exact) mass is 227 g/mol. The van der Waals surface area contributed by atoms with Crippen LogP contribution in [0.1, 0.15) is 11.1 Å². The Kier molecular flexibility index (Phi) is 3.76. The summed E-state index contributed by atoms with van der Waals surface area (Å²) in [5.74, 6) is 0.194. The summed E-state index contributed by atoms with van der Waals surface area (Å²) in [4.78, 5) is 5.14. The van der Waals surface area contributed by atoms with Crippen molar-refractivity contribution in [3.63, 3.8) is 0 Å². The van der Waals surface area contributed by atoms with Gasteiger partial charge >= 0.3 is 0 Å². The number of phenolic OH excluding ortho intramolecular Hbond substituents is 1. The molecule has 0 unspecified atom stereocenters. The van der Waals surface area contributed by atoms with E-state index in [4.69, 9.17) is 4.84 Å². The first-order valence-electron chi connectivity index (χ1n) is 5.33. The quantitative estimate of drug-likeness (QED) is 0.644. The minimum Gasteiger partial charge on any atom is -0.507 e. The van der Waals surface area contributed by atoms with Gasteiger partial charge in [-0.3, -0.25) is 0 Å². The number of phenols is 1. The Hall–Kier alpha value is -2.29. The van der Waals surface area contributed by atoms with Gasteiger partial charge in [0.15, 0.2) is 0 Å². The zero-order valence-electron chi connectivity index (χ0n) is 9.28. The maximum atomic E-state index is 9.48. The van der Waals surface area contributed by atoms with Crippen LogP contribution < -0.4 is 0 Å². The molecule has 0 spiro atoms. The molecule has 2 aromatic carbocycles. The summed E-state index contributed by atoms with van der Waals surface area (Å²) >= 11 is 0. The highest BCUT2D eigenvalue weighted by molar-refractivity contribution is 5.82. The molecule has 3 heteroatoms. The van der Waals surface area contributed by atoms with Crippen molar-refractivity contribution in [3.05, 3.63) is 65.7 Å². The average Bonchev–Trinajstić information content (AvgIpc) is 2.38. The van der Waals surface area contributed by atoms with Crippen molar-refractivity contribution in [3.8, 4) is 5.75 Å². The molecule has 2 aromatic rings. The second-order valence-electron chi connectivity index (χ2n) is 3.55. The van der Waals surface area contributed by atoms with Gasteiger partial charge in [0.1, 0.15) is 12.4 Å². The van der Waals surface area contributed by atoms with E-state index < -0.39 is 0 Å². The van der Waals surface area contributed by atoms with E-state index in [2.05, 4.69) is 5.16 Å². The van der Waals surface area contributed by atoms with Crippen LogP contribution >= 0.6 is 0 Å². The molecule has 0 atom stereocenters. The number of hydrogen-bond acceptors (Lipinski definition) is 3. The molecule has 0 aromatic heterocycles. The molecule has 0 saturated carbocycles. The fourth-order valence-electron chi connectivity index (χ4n) is 1.38. The summed E-state index contributed by atoms with van der Waals surface area (Å²) in [6, 6.07) is 16.8. The van der Waals surface area contributed by atoms with E-state index in [0.29, 0.717) is 12.2 Å². The van der Waals surface area contributed by atoms with Gasteiger partial charge < -0.3 is 9.94 Å². The fourth-order valence-corrected chi connectivity index (χ4v) is 1.38. The van der Waals surface area contributed by atoms with Crippen LogP contribution in [-0.4, -0.2) is 11.3 Å². The number of para-hydroxylation sites is 1. The lowest BCUT2D eigenvalue weighted by Crippen LogP contribution is -1.88. The Morgan fingerprint density at radius 3 is 2.47 bits per heavy atom. The van der Waals surface area contributed by atoms with Crippen molar-refractivity contribution in [1.29, 1.82) is 0 Å². The first kappa shape index (κ1) is 11.2. The Bertz CT molecular complexity index is 495. The SMILES string of the molecule is Oc1ccccc1C=NOCc1ccccc1. The van der Waals surface area contributed by atoms with Crippen molar-refractivity contribution in [2.24, 2.45) is 5.16 Å². The molecule has 3 nitrogen and oxygen atoms in total. The van der Waals surface area contributed by atoms with Crippen LogP contribution in [0, 0.1) is 0 Å². The van der Waals surface area contributed by atoms with E-state index in [0.717, 1.165) is 5.56 Å². The minimum atomic E-state index is 0.194. The first-order valence-corrected chi connectivity index (χ1v) is 5.33. The molecule has 0 aliphatic carbocycles. The summed E-state index contributed by atoms with van der Waals surface area (Å²) < 4.78 is 0. The molecular formula is C14H13NO2. The molecule has 17 heavy (non-hydrogen) atoms. The molecule has 0 bridgehead atoms. The molecule has 0 aliphatic rings. The number of hydrogen-bond donors (Lipinski definition) is 1. The van der Waals surface area contributed by atoms with Crippen LogP contribution in [0.25, 0.3) is 0 Å². The highest BCUT2D eigenvalue weighted by Crippen LogP contribution is 2.12. The van der Waals surface area contributed by atoms with Gasteiger partial charge in [0.05, 0.1) is 6.21 Å². The number of nitrogens with zero attached hydrogens (tertiary/aromatic N) is 1. The molecular weight excluding hydrogens is 214 g/mol. The topological polar surface area (TPSA) is 41.8 Å². The van der Waals surface area contributed by atoms with E-state index in [1.807, 2.05) is 36.4 Å². The predicted octanol–water partition coefficient (Wildman–Crippen LogP) is 2.94. The summed E-state index contributed by atoms with van der Waals surface area (Å²) in [5.41, 5.74) is 1.70. The van der Waals surface area contributed by atoms with Crippen LogP contribution in [0.4, 0.5) is 0 Å². The summed E-state index contributed by atoms with van der Waals surface area (Å²) in [5, 5.41) is 13.3. The van der Waals surface area contributed by atoms with Gasteiger partial charge in [0, 0.05) is 5.56 Å². The zero-order valence-corrected chi connectivity index (χ0v) is 9.28. The van der Waals surface area contributed by atoms with E-state index in [9.17, 15) is 5.11 Å². The van der Waals surface area contributed by atoms with Gasteiger partial charge in [-0.2, -0.15) is 0 Å². The predicted molar refractivity (Wildman–Crippen MR) is 66.9 cm³/mol. The van der Waals surface area contributed by atoms with E-state index in [-0.39, 0.29) is 5.75 Å². The third kappa shape index (κ3) is 3.34. The Balaban J connectivity index is 1.89. The van der Waals surface area contributed by atoms with Gasteiger partial charge in [0.2, 0.25) is 0 Å². The maximum absolute atomic E-state index is 9.48. The number of rotatable bonds is 4. The molecule has 2 rings (SSSR count). The number of aromatic hydroxyl groups is 1. The van der Waals surface area contributed by atoms with Crippen molar-refractivity contribution in [1.82, 2.24) is 0 Å². The van der Waals surface area contributed by atoms with Gasteiger partial charge in [-0.1, -0.05) is 47.6 Å². The van der Waals surface area contributed by atoms with Gasteiger partial charge in [0.25, 0.3) is 0 Å². The van der Waals surface area contributed by atoms with Crippen molar-refractivity contribution in [2.75, 3.05) is 0 Å².